The van der Waals surface area contributed by atoms with Crippen molar-refractivity contribution in [3.63, 3.8) is 0 Å². The maximum absolute atomic E-state index is 12.4. The number of carbonyl (C=O) groups excluding carboxylic acids is 2. The molecule has 0 aliphatic carbocycles. The summed E-state index contributed by atoms with van der Waals surface area (Å²) in [5.74, 6) is -0.168. The number of nitrogens with zero attached hydrogens (tertiary/aromatic N) is 3. The molecular weight excluding hydrogens is 376 g/mol. The summed E-state index contributed by atoms with van der Waals surface area (Å²) < 4.78 is 0. The predicted octanol–water partition coefficient (Wildman–Crippen LogP) is 2.80. The predicted molar refractivity (Wildman–Crippen MR) is 113 cm³/mol. The van der Waals surface area contributed by atoms with E-state index in [1.165, 1.54) is 4.90 Å². The summed E-state index contributed by atoms with van der Waals surface area (Å²) in [5, 5.41) is 3.62. The minimum atomic E-state index is -0.0896. The number of halogens is 1. The molecule has 0 saturated carbocycles. The summed E-state index contributed by atoms with van der Waals surface area (Å²) in [6.45, 7) is 3.63. The largest absolute Gasteiger partial charge is 0.369 e. The fourth-order valence-electron chi connectivity index (χ4n) is 3.23. The molecule has 1 saturated heterocycles. The Morgan fingerprint density at radius 2 is 1.75 bits per heavy atom. The summed E-state index contributed by atoms with van der Waals surface area (Å²) in [6, 6.07) is 14.9. The van der Waals surface area contributed by atoms with Gasteiger partial charge in [0.15, 0.2) is 0 Å². The van der Waals surface area contributed by atoms with E-state index >= 15 is 0 Å². The summed E-state index contributed by atoms with van der Waals surface area (Å²) in [5.41, 5.74) is 2.30. The zero-order chi connectivity index (χ0) is 20.1. The van der Waals surface area contributed by atoms with Crippen LogP contribution in [0.2, 0.25) is 5.02 Å². The number of anilines is 2. The van der Waals surface area contributed by atoms with Crippen molar-refractivity contribution in [2.75, 3.05) is 57.0 Å². The molecule has 0 unspecified atom stereocenters. The third-order valence-electron chi connectivity index (χ3n) is 4.71. The fraction of sp³-hybridized carbons (Fsp3) is 0.333. The Hall–Kier alpha value is -2.57. The standard InChI is InChI=1S/C21H25ClN4O2/c1-24(2)21(28)16-5-3-7-18(13-16)23-20(27)15-25-9-11-26(12-10-25)19-8-4-6-17(22)14-19/h3-8,13-14H,9-12,15H2,1-2H3,(H,23,27). The Morgan fingerprint density at radius 3 is 2.43 bits per heavy atom. The SMILES string of the molecule is CN(C)C(=O)c1cccc(NC(=O)CN2CCN(c3cccc(Cl)c3)CC2)c1. The quantitative estimate of drug-likeness (QED) is 0.838. The van der Waals surface area contributed by atoms with E-state index in [9.17, 15) is 9.59 Å². The van der Waals surface area contributed by atoms with Gasteiger partial charge in [0, 0.05) is 62.2 Å². The first-order valence-electron chi connectivity index (χ1n) is 9.27. The van der Waals surface area contributed by atoms with Gasteiger partial charge in [0.05, 0.1) is 6.54 Å². The molecule has 1 aliphatic heterocycles. The Morgan fingerprint density at radius 1 is 1.04 bits per heavy atom. The molecular formula is C21H25ClN4O2. The minimum Gasteiger partial charge on any atom is -0.369 e. The topological polar surface area (TPSA) is 55.9 Å². The zero-order valence-electron chi connectivity index (χ0n) is 16.2. The van der Waals surface area contributed by atoms with Crippen molar-refractivity contribution in [1.82, 2.24) is 9.80 Å². The van der Waals surface area contributed by atoms with Crippen LogP contribution in [0.5, 0.6) is 0 Å². The molecule has 0 spiro atoms. The molecule has 0 radical (unpaired) electrons. The van der Waals surface area contributed by atoms with Gasteiger partial charge in [-0.1, -0.05) is 23.7 Å². The number of rotatable bonds is 5. The Bertz CT molecular complexity index is 848. The molecule has 0 atom stereocenters. The first kappa shape index (κ1) is 20.2. The zero-order valence-corrected chi connectivity index (χ0v) is 16.9. The molecule has 1 N–H and O–H groups in total. The van der Waals surface area contributed by atoms with E-state index in [0.717, 1.165) is 36.9 Å². The average Bonchev–Trinajstić information content (AvgIpc) is 2.68. The molecule has 148 valence electrons. The molecule has 7 heteroatoms. The molecule has 0 aromatic heterocycles. The van der Waals surface area contributed by atoms with Crippen molar-refractivity contribution in [2.24, 2.45) is 0 Å². The van der Waals surface area contributed by atoms with Gasteiger partial charge < -0.3 is 15.1 Å². The average molecular weight is 401 g/mol. The second-order valence-corrected chi connectivity index (χ2v) is 7.51. The first-order valence-corrected chi connectivity index (χ1v) is 9.64. The molecule has 1 heterocycles. The maximum Gasteiger partial charge on any atom is 0.253 e. The Kier molecular flexibility index (Phi) is 6.54. The van der Waals surface area contributed by atoms with Crippen LogP contribution in [0.15, 0.2) is 48.5 Å². The van der Waals surface area contributed by atoms with Gasteiger partial charge in [-0.15, -0.1) is 0 Å². The van der Waals surface area contributed by atoms with Crippen LogP contribution in [0.4, 0.5) is 11.4 Å². The van der Waals surface area contributed by atoms with Gasteiger partial charge in [-0.05, 0) is 36.4 Å². The van der Waals surface area contributed by atoms with Gasteiger partial charge >= 0.3 is 0 Å². The van der Waals surface area contributed by atoms with Crippen molar-refractivity contribution in [3.05, 3.63) is 59.1 Å². The van der Waals surface area contributed by atoms with Crippen LogP contribution >= 0.6 is 11.6 Å². The molecule has 3 rings (SSSR count). The number of hydrogen-bond donors (Lipinski definition) is 1. The molecule has 28 heavy (non-hydrogen) atoms. The van der Waals surface area contributed by atoms with Gasteiger partial charge in [0.25, 0.3) is 5.91 Å². The van der Waals surface area contributed by atoms with Crippen molar-refractivity contribution in [3.8, 4) is 0 Å². The lowest BCUT2D eigenvalue weighted by Gasteiger charge is -2.35. The van der Waals surface area contributed by atoms with E-state index in [2.05, 4.69) is 21.2 Å². The third-order valence-corrected chi connectivity index (χ3v) is 4.95. The molecule has 6 nitrogen and oxygen atoms in total. The van der Waals surface area contributed by atoms with Crippen molar-refractivity contribution in [2.45, 2.75) is 0 Å². The van der Waals surface area contributed by atoms with Crippen molar-refractivity contribution >= 4 is 34.8 Å². The molecule has 1 fully saturated rings. The lowest BCUT2D eigenvalue weighted by Crippen LogP contribution is -2.48. The second-order valence-electron chi connectivity index (χ2n) is 7.07. The Labute approximate surface area is 170 Å². The molecule has 2 aromatic carbocycles. The highest BCUT2D eigenvalue weighted by molar-refractivity contribution is 6.30. The number of benzene rings is 2. The van der Waals surface area contributed by atoms with Crippen LogP contribution in [0, 0.1) is 0 Å². The highest BCUT2D eigenvalue weighted by atomic mass is 35.5. The summed E-state index contributed by atoms with van der Waals surface area (Å²) >= 11 is 6.07. The van der Waals surface area contributed by atoms with Crippen LogP contribution in [-0.2, 0) is 4.79 Å². The van der Waals surface area contributed by atoms with Crippen LogP contribution in [0.1, 0.15) is 10.4 Å². The van der Waals surface area contributed by atoms with Gasteiger partial charge in [-0.2, -0.15) is 0 Å². The fourth-order valence-corrected chi connectivity index (χ4v) is 3.41. The summed E-state index contributed by atoms with van der Waals surface area (Å²) in [4.78, 5) is 30.4. The third kappa shape index (κ3) is 5.24. The number of carbonyl (C=O) groups is 2. The Balaban J connectivity index is 1.51. The van der Waals surface area contributed by atoms with E-state index < -0.39 is 0 Å². The van der Waals surface area contributed by atoms with E-state index in [1.54, 1.807) is 38.4 Å². The lowest BCUT2D eigenvalue weighted by atomic mass is 10.2. The number of amides is 2. The number of hydrogen-bond acceptors (Lipinski definition) is 4. The van der Waals surface area contributed by atoms with E-state index in [0.29, 0.717) is 17.8 Å². The van der Waals surface area contributed by atoms with Gasteiger partial charge in [0.1, 0.15) is 0 Å². The highest BCUT2D eigenvalue weighted by Gasteiger charge is 2.19. The summed E-state index contributed by atoms with van der Waals surface area (Å²) in [7, 11) is 3.41. The molecule has 2 amide bonds. The lowest BCUT2D eigenvalue weighted by molar-refractivity contribution is -0.117. The normalized spacial score (nSPS) is 14.6. The number of piperazine rings is 1. The van der Waals surface area contributed by atoms with E-state index in [4.69, 9.17) is 11.6 Å². The van der Waals surface area contributed by atoms with Gasteiger partial charge in [-0.3, -0.25) is 14.5 Å². The highest BCUT2D eigenvalue weighted by Crippen LogP contribution is 2.20. The van der Waals surface area contributed by atoms with Gasteiger partial charge in [-0.25, -0.2) is 0 Å². The second kappa shape index (κ2) is 9.08. The number of nitrogens with one attached hydrogen (secondary N) is 1. The minimum absolute atomic E-state index is 0.0781. The monoisotopic (exact) mass is 400 g/mol. The van der Waals surface area contributed by atoms with Crippen molar-refractivity contribution < 1.29 is 9.59 Å². The van der Waals surface area contributed by atoms with E-state index in [1.807, 2.05) is 18.2 Å². The van der Waals surface area contributed by atoms with Crippen LogP contribution in [0.3, 0.4) is 0 Å². The maximum atomic E-state index is 12.4. The smallest absolute Gasteiger partial charge is 0.253 e. The van der Waals surface area contributed by atoms with Gasteiger partial charge in [0.2, 0.25) is 5.91 Å². The van der Waals surface area contributed by atoms with Crippen LogP contribution in [-0.4, -0.2) is 68.4 Å². The molecule has 0 bridgehead atoms. The molecule has 1 aliphatic rings. The summed E-state index contributed by atoms with van der Waals surface area (Å²) in [6.07, 6.45) is 0. The van der Waals surface area contributed by atoms with Crippen LogP contribution in [0.25, 0.3) is 0 Å². The molecule has 2 aromatic rings. The first-order chi connectivity index (χ1) is 13.4. The van der Waals surface area contributed by atoms with Crippen LogP contribution < -0.4 is 10.2 Å². The van der Waals surface area contributed by atoms with Crippen molar-refractivity contribution in [1.29, 1.82) is 0 Å². The van der Waals surface area contributed by atoms with E-state index in [-0.39, 0.29) is 11.8 Å².